The summed E-state index contributed by atoms with van der Waals surface area (Å²) in [5, 5.41) is 6.14. The van der Waals surface area contributed by atoms with E-state index in [1.165, 1.54) is 12.4 Å². The molecule has 0 bridgehead atoms. The minimum Gasteiger partial charge on any atom is -0.378 e. The van der Waals surface area contributed by atoms with Gasteiger partial charge in [-0.2, -0.15) is 5.10 Å². The maximum Gasteiger partial charge on any atom is 0.244 e. The minimum atomic E-state index is -3.53. The number of rotatable bonds is 5. The average Bonchev–Trinajstić information content (AvgIpc) is 2.97. The molecule has 0 aliphatic carbocycles. The predicted molar refractivity (Wildman–Crippen MR) is 65.6 cm³/mol. The monoisotopic (exact) mass is 274 g/mol. The van der Waals surface area contributed by atoms with E-state index in [9.17, 15) is 8.42 Å². The van der Waals surface area contributed by atoms with Crippen LogP contribution in [0.25, 0.3) is 0 Å². The zero-order valence-electron chi connectivity index (χ0n) is 10.5. The molecule has 0 amide bonds. The van der Waals surface area contributed by atoms with Crippen LogP contribution in [0.1, 0.15) is 6.92 Å². The molecule has 1 aliphatic heterocycles. The van der Waals surface area contributed by atoms with Crippen LogP contribution in [0.5, 0.6) is 0 Å². The van der Waals surface area contributed by atoms with E-state index in [4.69, 9.17) is 4.74 Å². The third-order valence-corrected chi connectivity index (χ3v) is 4.64. The highest BCUT2D eigenvalue weighted by Gasteiger charge is 2.35. The fourth-order valence-corrected chi connectivity index (χ4v) is 3.28. The van der Waals surface area contributed by atoms with Crippen LogP contribution in [-0.4, -0.2) is 62.4 Å². The highest BCUT2D eigenvalue weighted by molar-refractivity contribution is 7.89. The highest BCUT2D eigenvalue weighted by atomic mass is 32.2. The van der Waals surface area contributed by atoms with Crippen LogP contribution in [-0.2, 0) is 14.8 Å². The molecule has 0 unspecified atom stereocenters. The number of nitrogens with one attached hydrogen (secondary N) is 2. The van der Waals surface area contributed by atoms with E-state index in [-0.39, 0.29) is 17.0 Å². The Balaban J connectivity index is 2.09. The van der Waals surface area contributed by atoms with Crippen LogP contribution in [0.4, 0.5) is 0 Å². The summed E-state index contributed by atoms with van der Waals surface area (Å²) in [6, 6.07) is -0.227. The molecular formula is C10H18N4O3S. The fraction of sp³-hybridized carbons (Fsp3) is 0.700. The number of sulfonamides is 1. The van der Waals surface area contributed by atoms with E-state index < -0.39 is 10.0 Å². The first-order valence-corrected chi connectivity index (χ1v) is 7.31. The lowest BCUT2D eigenvalue weighted by molar-refractivity contribution is 0.0954. The Kier molecular flexibility index (Phi) is 4.00. The molecule has 18 heavy (non-hydrogen) atoms. The number of hydrogen-bond donors (Lipinski definition) is 2. The largest absolute Gasteiger partial charge is 0.378 e. The summed E-state index contributed by atoms with van der Waals surface area (Å²) in [6.45, 7) is 4.32. The van der Waals surface area contributed by atoms with Crippen LogP contribution >= 0.6 is 0 Å². The molecule has 7 nitrogen and oxygen atoms in total. The van der Waals surface area contributed by atoms with Gasteiger partial charge >= 0.3 is 0 Å². The number of nitrogens with zero attached hydrogens (tertiary/aromatic N) is 2. The third-order valence-electron chi connectivity index (χ3n) is 3.18. The minimum absolute atomic E-state index is 0.119. The Hall–Kier alpha value is -0.960. The van der Waals surface area contributed by atoms with Gasteiger partial charge in [-0.3, -0.25) is 10.00 Å². The SMILES string of the molecule is CCN1C[C@H](NS(=O)(=O)c2cn[nH]c2)[C@@H](OC)C1. The lowest BCUT2D eigenvalue weighted by Crippen LogP contribution is -2.43. The van der Waals surface area contributed by atoms with Gasteiger partial charge in [0.05, 0.1) is 18.3 Å². The summed E-state index contributed by atoms with van der Waals surface area (Å²) in [5.41, 5.74) is 0. The van der Waals surface area contributed by atoms with Crippen molar-refractivity contribution in [3.05, 3.63) is 12.4 Å². The lowest BCUT2D eigenvalue weighted by Gasteiger charge is -2.17. The second kappa shape index (κ2) is 5.35. The summed E-state index contributed by atoms with van der Waals surface area (Å²) >= 11 is 0. The van der Waals surface area contributed by atoms with Crippen molar-refractivity contribution in [1.29, 1.82) is 0 Å². The Labute approximate surface area is 107 Å². The topological polar surface area (TPSA) is 87.3 Å². The molecule has 2 atom stereocenters. The van der Waals surface area contributed by atoms with Gasteiger partial charge in [0.25, 0.3) is 0 Å². The summed E-state index contributed by atoms with van der Waals surface area (Å²) in [7, 11) is -1.93. The van der Waals surface area contributed by atoms with Crippen LogP contribution in [0.2, 0.25) is 0 Å². The Morgan fingerprint density at radius 2 is 2.39 bits per heavy atom. The Morgan fingerprint density at radius 1 is 1.61 bits per heavy atom. The molecule has 1 aromatic heterocycles. The first kappa shape index (κ1) is 13.5. The zero-order valence-corrected chi connectivity index (χ0v) is 11.3. The van der Waals surface area contributed by atoms with Crippen LogP contribution in [0.15, 0.2) is 17.3 Å². The Morgan fingerprint density at radius 3 is 2.94 bits per heavy atom. The van der Waals surface area contributed by atoms with Crippen LogP contribution < -0.4 is 4.72 Å². The van der Waals surface area contributed by atoms with Crippen molar-refractivity contribution in [3.63, 3.8) is 0 Å². The number of aromatic amines is 1. The highest BCUT2D eigenvalue weighted by Crippen LogP contribution is 2.15. The quantitative estimate of drug-likeness (QED) is 0.749. The third kappa shape index (κ3) is 2.72. The van der Waals surface area contributed by atoms with Crippen LogP contribution in [0, 0.1) is 0 Å². The maximum atomic E-state index is 12.1. The van der Waals surface area contributed by atoms with E-state index in [1.54, 1.807) is 7.11 Å². The predicted octanol–water partition coefficient (Wildman–Crippen LogP) is -0.593. The molecule has 1 aromatic rings. The standard InChI is InChI=1S/C10H18N4O3S/c1-3-14-6-9(10(7-14)17-2)13-18(15,16)8-4-11-12-5-8/h4-5,9-10,13H,3,6-7H2,1-2H3,(H,11,12)/t9-,10-/m0/s1. The molecule has 1 aliphatic rings. The van der Waals surface area contributed by atoms with Crippen molar-refractivity contribution in [1.82, 2.24) is 19.8 Å². The van der Waals surface area contributed by atoms with Crippen molar-refractivity contribution in [3.8, 4) is 0 Å². The van der Waals surface area contributed by atoms with Gasteiger partial charge < -0.3 is 4.74 Å². The van der Waals surface area contributed by atoms with E-state index >= 15 is 0 Å². The molecule has 0 aromatic carbocycles. The Bertz CT molecular complexity index is 473. The molecule has 102 valence electrons. The van der Waals surface area contributed by atoms with Crippen molar-refractivity contribution in [2.24, 2.45) is 0 Å². The van der Waals surface area contributed by atoms with Gasteiger partial charge in [-0.05, 0) is 6.54 Å². The lowest BCUT2D eigenvalue weighted by atomic mass is 10.2. The summed E-state index contributed by atoms with van der Waals surface area (Å²) < 4.78 is 32.1. The molecule has 8 heteroatoms. The van der Waals surface area contributed by atoms with Gasteiger partial charge in [-0.15, -0.1) is 0 Å². The molecule has 2 heterocycles. The van der Waals surface area contributed by atoms with E-state index in [2.05, 4.69) is 19.8 Å². The number of methoxy groups -OCH3 is 1. The number of likely N-dealkylation sites (N-methyl/N-ethyl adjacent to an activating group) is 1. The second-order valence-electron chi connectivity index (χ2n) is 4.29. The van der Waals surface area contributed by atoms with E-state index in [1.807, 2.05) is 6.92 Å². The molecule has 2 N–H and O–H groups in total. The number of aromatic nitrogens is 2. The summed E-state index contributed by atoms with van der Waals surface area (Å²) in [5.74, 6) is 0. The molecule has 1 saturated heterocycles. The van der Waals surface area contributed by atoms with Crippen molar-refractivity contribution >= 4 is 10.0 Å². The molecular weight excluding hydrogens is 256 g/mol. The molecule has 0 saturated carbocycles. The number of H-pyrrole nitrogens is 1. The second-order valence-corrected chi connectivity index (χ2v) is 6.00. The molecule has 0 spiro atoms. The van der Waals surface area contributed by atoms with Gasteiger partial charge in [0.1, 0.15) is 4.90 Å². The van der Waals surface area contributed by atoms with Gasteiger partial charge in [0, 0.05) is 26.4 Å². The molecule has 1 fully saturated rings. The van der Waals surface area contributed by atoms with Gasteiger partial charge in [-0.1, -0.05) is 6.92 Å². The number of hydrogen-bond acceptors (Lipinski definition) is 5. The maximum absolute atomic E-state index is 12.1. The number of ether oxygens (including phenoxy) is 1. The first-order valence-electron chi connectivity index (χ1n) is 5.83. The normalized spacial score (nSPS) is 25.7. The smallest absolute Gasteiger partial charge is 0.244 e. The molecule has 0 radical (unpaired) electrons. The van der Waals surface area contributed by atoms with E-state index in [0.717, 1.165) is 13.1 Å². The summed E-state index contributed by atoms with van der Waals surface area (Å²) in [6.07, 6.45) is 2.53. The van der Waals surface area contributed by atoms with Crippen LogP contribution in [0.3, 0.4) is 0 Å². The van der Waals surface area contributed by atoms with Crippen molar-refractivity contribution in [2.45, 2.75) is 24.0 Å². The van der Waals surface area contributed by atoms with Crippen molar-refractivity contribution in [2.75, 3.05) is 26.7 Å². The fourth-order valence-electron chi connectivity index (χ4n) is 2.12. The van der Waals surface area contributed by atoms with Gasteiger partial charge in [0.15, 0.2) is 0 Å². The van der Waals surface area contributed by atoms with Gasteiger partial charge in [0.2, 0.25) is 10.0 Å². The van der Waals surface area contributed by atoms with Gasteiger partial charge in [-0.25, -0.2) is 13.1 Å². The molecule has 2 rings (SSSR count). The van der Waals surface area contributed by atoms with E-state index in [0.29, 0.717) is 6.54 Å². The average molecular weight is 274 g/mol. The van der Waals surface area contributed by atoms with Crippen molar-refractivity contribution < 1.29 is 13.2 Å². The first-order chi connectivity index (χ1) is 8.56. The summed E-state index contributed by atoms with van der Waals surface area (Å²) in [4.78, 5) is 2.30. The zero-order chi connectivity index (χ0) is 13.2. The number of likely N-dealkylation sites (tertiary alicyclic amines) is 1.